The van der Waals surface area contributed by atoms with Gasteiger partial charge in [0.25, 0.3) is 0 Å². The zero-order valence-corrected chi connectivity index (χ0v) is 18.4. The summed E-state index contributed by atoms with van der Waals surface area (Å²) in [5.74, 6) is -0.635. The first-order valence-corrected chi connectivity index (χ1v) is 10.7. The monoisotopic (exact) mass is 461 g/mol. The van der Waals surface area contributed by atoms with Crippen LogP contribution in [0.5, 0.6) is 0 Å². The molecule has 1 aliphatic rings. The number of aromatic carboxylic acids is 1. The number of nitrogen functional groups attached to an aromatic ring is 1. The topological polar surface area (TPSA) is 87.1 Å². The molecule has 0 aliphatic carbocycles. The van der Waals surface area contributed by atoms with Crippen molar-refractivity contribution in [2.24, 2.45) is 0 Å². The van der Waals surface area contributed by atoms with Gasteiger partial charge in [0, 0.05) is 61.4 Å². The van der Waals surface area contributed by atoms with E-state index in [0.717, 1.165) is 22.3 Å². The Morgan fingerprint density at radius 3 is 2.48 bits per heavy atom. The van der Waals surface area contributed by atoms with Crippen molar-refractivity contribution in [3.63, 3.8) is 0 Å². The smallest absolute Gasteiger partial charge is 0.401 e. The lowest BCUT2D eigenvalue weighted by Gasteiger charge is -2.39. The van der Waals surface area contributed by atoms with E-state index in [0.29, 0.717) is 37.6 Å². The van der Waals surface area contributed by atoms with Crippen molar-refractivity contribution in [2.45, 2.75) is 26.1 Å². The van der Waals surface area contributed by atoms with Crippen molar-refractivity contribution in [1.82, 2.24) is 19.2 Å². The average Bonchev–Trinajstić information content (AvgIpc) is 3.16. The van der Waals surface area contributed by atoms with E-state index in [1.165, 1.54) is 4.90 Å². The highest BCUT2D eigenvalue weighted by atomic mass is 19.4. The number of rotatable bonds is 5. The number of fused-ring (bicyclic) bond motifs is 1. The number of carboxylic acids is 1. The Balaban J connectivity index is 1.72. The fraction of sp³-hybridized carbons (Fsp3) is 0.391. The Kier molecular flexibility index (Phi) is 6.06. The third-order valence-electron chi connectivity index (χ3n) is 6.34. The van der Waals surface area contributed by atoms with Crippen molar-refractivity contribution in [2.75, 3.05) is 38.5 Å². The van der Waals surface area contributed by atoms with Gasteiger partial charge in [-0.25, -0.2) is 9.78 Å². The Bertz CT molecular complexity index is 1170. The molecule has 0 radical (unpaired) electrons. The van der Waals surface area contributed by atoms with Gasteiger partial charge in [0.05, 0.1) is 17.6 Å². The molecule has 10 heteroatoms. The van der Waals surface area contributed by atoms with Crippen LogP contribution in [-0.4, -0.2) is 69.2 Å². The van der Waals surface area contributed by atoms with Gasteiger partial charge in [-0.2, -0.15) is 13.2 Å². The molecule has 1 fully saturated rings. The summed E-state index contributed by atoms with van der Waals surface area (Å²) in [5.41, 5.74) is 9.71. The van der Waals surface area contributed by atoms with Crippen molar-refractivity contribution in [3.05, 3.63) is 53.5 Å². The van der Waals surface area contributed by atoms with Gasteiger partial charge in [-0.3, -0.25) is 9.80 Å². The lowest BCUT2D eigenvalue weighted by atomic mass is 9.99. The predicted octanol–water partition coefficient (Wildman–Crippen LogP) is 3.83. The highest BCUT2D eigenvalue weighted by molar-refractivity contribution is 5.94. The first-order valence-electron chi connectivity index (χ1n) is 10.7. The number of carboxylic acid groups (broad SMARTS) is 1. The van der Waals surface area contributed by atoms with Gasteiger partial charge < -0.3 is 15.2 Å². The summed E-state index contributed by atoms with van der Waals surface area (Å²) in [4.78, 5) is 19.7. The molecular weight excluding hydrogens is 435 g/mol. The van der Waals surface area contributed by atoms with E-state index in [2.05, 4.69) is 9.88 Å². The summed E-state index contributed by atoms with van der Waals surface area (Å²) < 4.78 is 40.2. The molecule has 1 unspecified atom stereocenters. The summed E-state index contributed by atoms with van der Waals surface area (Å²) in [7, 11) is 0. The second-order valence-electron chi connectivity index (χ2n) is 8.43. The van der Waals surface area contributed by atoms with Gasteiger partial charge in [-0.15, -0.1) is 0 Å². The Hall–Kier alpha value is -3.11. The maximum Gasteiger partial charge on any atom is 0.401 e. The largest absolute Gasteiger partial charge is 0.478 e. The standard InChI is InChI=1S/C23H26F3N5O2/c1-14-18(22(32)33)11-19-17(16-3-4-20(27)28-12-16)5-6-31(19)21(14)15(2)30-9-7-29(8-10-30)13-23(24,25)26/h3-6,11-12,15H,7-10,13H2,1-2H3,(H2,27,28)(H,32,33). The van der Waals surface area contributed by atoms with E-state index >= 15 is 0 Å². The normalized spacial score (nSPS) is 16.9. The summed E-state index contributed by atoms with van der Waals surface area (Å²) in [6, 6.07) is 6.90. The van der Waals surface area contributed by atoms with E-state index in [4.69, 9.17) is 5.73 Å². The van der Waals surface area contributed by atoms with Gasteiger partial charge in [0.15, 0.2) is 0 Å². The van der Waals surface area contributed by atoms with E-state index in [1.54, 1.807) is 25.3 Å². The third-order valence-corrected chi connectivity index (χ3v) is 6.34. The molecule has 33 heavy (non-hydrogen) atoms. The Morgan fingerprint density at radius 2 is 1.91 bits per heavy atom. The summed E-state index contributed by atoms with van der Waals surface area (Å²) >= 11 is 0. The van der Waals surface area contributed by atoms with Crippen LogP contribution in [-0.2, 0) is 0 Å². The predicted molar refractivity (Wildman–Crippen MR) is 119 cm³/mol. The molecule has 3 N–H and O–H groups in total. The van der Waals surface area contributed by atoms with Crippen molar-refractivity contribution >= 4 is 17.3 Å². The highest BCUT2D eigenvalue weighted by Crippen LogP contribution is 2.34. The number of piperazine rings is 1. The lowest BCUT2D eigenvalue weighted by molar-refractivity contribution is -0.149. The van der Waals surface area contributed by atoms with Crippen LogP contribution < -0.4 is 5.73 Å². The number of aromatic nitrogens is 2. The molecule has 1 aliphatic heterocycles. The average molecular weight is 461 g/mol. The molecule has 4 heterocycles. The fourth-order valence-corrected chi connectivity index (χ4v) is 4.65. The van der Waals surface area contributed by atoms with E-state index in [1.807, 2.05) is 29.7 Å². The van der Waals surface area contributed by atoms with Gasteiger partial charge in [-0.1, -0.05) is 0 Å². The third kappa shape index (κ3) is 4.67. The molecule has 1 saturated heterocycles. The Morgan fingerprint density at radius 1 is 1.21 bits per heavy atom. The zero-order valence-electron chi connectivity index (χ0n) is 18.4. The minimum absolute atomic E-state index is 0.190. The molecule has 0 aromatic carbocycles. The Labute approximate surface area is 189 Å². The number of alkyl halides is 3. The molecule has 3 aromatic heterocycles. The van der Waals surface area contributed by atoms with Crippen LogP contribution in [0.25, 0.3) is 16.6 Å². The SMILES string of the molecule is Cc1c(C(=O)O)cc2c(-c3ccc(N)nc3)ccn2c1C(C)N1CCN(CC(F)(F)F)CC1. The number of hydrogen-bond acceptors (Lipinski definition) is 5. The van der Waals surface area contributed by atoms with Crippen LogP contribution in [0.2, 0.25) is 0 Å². The van der Waals surface area contributed by atoms with E-state index in [-0.39, 0.29) is 11.6 Å². The van der Waals surface area contributed by atoms with E-state index in [9.17, 15) is 23.1 Å². The first kappa shape index (κ1) is 23.1. The maximum atomic E-state index is 12.7. The number of hydrogen-bond donors (Lipinski definition) is 2. The van der Waals surface area contributed by atoms with Crippen LogP contribution >= 0.6 is 0 Å². The number of pyridine rings is 2. The van der Waals surface area contributed by atoms with Gasteiger partial charge in [0.1, 0.15) is 5.82 Å². The van der Waals surface area contributed by atoms with Crippen LogP contribution in [0.3, 0.4) is 0 Å². The summed E-state index contributed by atoms with van der Waals surface area (Å²) in [6.45, 7) is 4.37. The van der Waals surface area contributed by atoms with Gasteiger partial charge >= 0.3 is 12.1 Å². The molecule has 3 aromatic rings. The zero-order chi connectivity index (χ0) is 23.9. The molecule has 7 nitrogen and oxygen atoms in total. The number of anilines is 1. The lowest BCUT2D eigenvalue weighted by Crippen LogP contribution is -2.49. The number of nitrogens with zero attached hydrogens (tertiary/aromatic N) is 4. The first-order chi connectivity index (χ1) is 15.5. The molecular formula is C23H26F3N5O2. The number of halogens is 3. The van der Waals surface area contributed by atoms with E-state index < -0.39 is 18.7 Å². The molecule has 1 atom stereocenters. The quantitative estimate of drug-likeness (QED) is 0.601. The van der Waals surface area contributed by atoms with Crippen LogP contribution in [0.15, 0.2) is 36.7 Å². The van der Waals surface area contributed by atoms with Crippen molar-refractivity contribution in [3.8, 4) is 11.1 Å². The van der Waals surface area contributed by atoms with Crippen molar-refractivity contribution < 1.29 is 23.1 Å². The summed E-state index contributed by atoms with van der Waals surface area (Å²) in [6.07, 6.45) is -0.676. The van der Waals surface area contributed by atoms with Gasteiger partial charge in [0.2, 0.25) is 0 Å². The second kappa shape index (κ2) is 8.68. The molecule has 0 spiro atoms. The maximum absolute atomic E-state index is 12.7. The fourth-order valence-electron chi connectivity index (χ4n) is 4.65. The van der Waals surface area contributed by atoms with Crippen molar-refractivity contribution in [1.29, 1.82) is 0 Å². The molecule has 176 valence electrons. The highest BCUT2D eigenvalue weighted by Gasteiger charge is 2.33. The minimum Gasteiger partial charge on any atom is -0.478 e. The summed E-state index contributed by atoms with van der Waals surface area (Å²) in [5, 5.41) is 9.85. The minimum atomic E-state index is -4.22. The number of carbonyl (C=O) groups is 1. The van der Waals surface area contributed by atoms with Crippen LogP contribution in [0.1, 0.15) is 34.6 Å². The molecule has 0 bridgehead atoms. The molecule has 4 rings (SSSR count). The van der Waals surface area contributed by atoms with Crippen LogP contribution in [0, 0.1) is 6.92 Å². The van der Waals surface area contributed by atoms with Crippen LogP contribution in [0.4, 0.5) is 19.0 Å². The molecule has 0 amide bonds. The van der Waals surface area contributed by atoms with Gasteiger partial charge in [-0.05, 0) is 43.7 Å². The molecule has 0 saturated carbocycles. The second-order valence-corrected chi connectivity index (χ2v) is 8.43. The number of nitrogens with two attached hydrogens (primary N) is 1.